The summed E-state index contributed by atoms with van der Waals surface area (Å²) in [6.07, 6.45) is 5.33. The van der Waals surface area contributed by atoms with Crippen LogP contribution in [-0.4, -0.2) is 36.3 Å². The zero-order chi connectivity index (χ0) is 19.8. The quantitative estimate of drug-likeness (QED) is 0.395. The fourth-order valence-corrected chi connectivity index (χ4v) is 2.73. The third-order valence-corrected chi connectivity index (χ3v) is 4.41. The first-order valence-electron chi connectivity index (χ1n) is 9.40. The molecule has 5 N–H and O–H groups in total. The molecule has 6 nitrogen and oxygen atoms in total. The van der Waals surface area contributed by atoms with E-state index in [1.54, 1.807) is 12.2 Å². The van der Waals surface area contributed by atoms with Crippen LogP contribution in [0.3, 0.4) is 0 Å². The Morgan fingerprint density at radius 1 is 1.33 bits per heavy atom. The lowest BCUT2D eigenvalue weighted by Crippen LogP contribution is -2.22. The maximum Gasteiger partial charge on any atom is 0.144 e. The second-order valence-electron chi connectivity index (χ2n) is 6.67. The van der Waals surface area contributed by atoms with Crippen LogP contribution < -0.4 is 11.1 Å². The Balaban J connectivity index is 2.22. The molecule has 1 aromatic carbocycles. The van der Waals surface area contributed by atoms with Crippen molar-refractivity contribution in [2.45, 2.75) is 39.7 Å². The maximum absolute atomic E-state index is 8.95. The summed E-state index contributed by atoms with van der Waals surface area (Å²) in [5.74, 6) is 0.578. The van der Waals surface area contributed by atoms with Crippen LogP contribution >= 0.6 is 0 Å². The molecule has 0 aromatic heterocycles. The van der Waals surface area contributed by atoms with E-state index in [0.717, 1.165) is 29.7 Å². The van der Waals surface area contributed by atoms with E-state index in [0.29, 0.717) is 30.3 Å². The van der Waals surface area contributed by atoms with Gasteiger partial charge in [-0.15, -0.1) is 0 Å². The largest absolute Gasteiger partial charge is 0.491 e. The van der Waals surface area contributed by atoms with Gasteiger partial charge in [-0.3, -0.25) is 5.41 Å². The number of nitrogens with zero attached hydrogens (tertiary/aromatic N) is 1. The minimum atomic E-state index is 0.114. The summed E-state index contributed by atoms with van der Waals surface area (Å²) in [4.78, 5) is 4.65. The second-order valence-corrected chi connectivity index (χ2v) is 6.67. The molecule has 1 aliphatic rings. The predicted molar refractivity (Wildman–Crippen MR) is 111 cm³/mol. The molecule has 0 aliphatic heterocycles. The minimum absolute atomic E-state index is 0.114. The summed E-state index contributed by atoms with van der Waals surface area (Å²) in [5, 5.41) is 20.4. The van der Waals surface area contributed by atoms with Crippen LogP contribution in [0, 0.1) is 12.3 Å². The summed E-state index contributed by atoms with van der Waals surface area (Å²) < 4.78 is 5.73. The monoisotopic (exact) mass is 370 g/mol. The minimum Gasteiger partial charge on any atom is -0.491 e. The van der Waals surface area contributed by atoms with E-state index < -0.39 is 0 Å². The first-order chi connectivity index (χ1) is 13.0. The molecule has 0 heterocycles. The number of nitrogens with one attached hydrogen (secondary N) is 2. The van der Waals surface area contributed by atoms with Gasteiger partial charge in [0.2, 0.25) is 0 Å². The van der Waals surface area contributed by atoms with E-state index >= 15 is 0 Å². The Hall–Kier alpha value is -2.44. The number of unbranched alkanes of at least 4 members (excludes halogenated alkanes) is 1. The third kappa shape index (κ3) is 5.77. The Labute approximate surface area is 161 Å². The molecule has 0 amide bonds. The SMILES string of the molecule is CCCCOC1=CC(=Nc2ccc(C(C)NCCO)cc2C)C(=N)C=C1N. The van der Waals surface area contributed by atoms with Crippen LogP contribution in [0.2, 0.25) is 0 Å². The lowest BCUT2D eigenvalue weighted by Gasteiger charge is -2.17. The molecular formula is C21H30N4O2. The van der Waals surface area contributed by atoms with E-state index in [-0.39, 0.29) is 18.4 Å². The van der Waals surface area contributed by atoms with Crippen molar-refractivity contribution in [2.24, 2.45) is 10.7 Å². The Kier molecular flexibility index (Phi) is 7.76. The standard InChI is InChI=1S/C21H30N4O2/c1-4-5-10-27-21-13-20(17(22)12-18(21)23)25-19-7-6-16(11-14(19)2)15(3)24-8-9-26/h6-7,11-13,15,22,24,26H,4-5,8-10,23H2,1-3H3. The van der Waals surface area contributed by atoms with E-state index in [9.17, 15) is 0 Å². The molecular weight excluding hydrogens is 340 g/mol. The highest BCUT2D eigenvalue weighted by Crippen LogP contribution is 2.25. The number of benzene rings is 1. The smallest absolute Gasteiger partial charge is 0.144 e. The van der Waals surface area contributed by atoms with Crippen LogP contribution in [0.5, 0.6) is 0 Å². The highest BCUT2D eigenvalue weighted by atomic mass is 16.5. The number of ether oxygens (including phenoxy) is 1. The lowest BCUT2D eigenvalue weighted by molar-refractivity contribution is 0.215. The van der Waals surface area contributed by atoms with Gasteiger partial charge in [-0.1, -0.05) is 25.5 Å². The van der Waals surface area contributed by atoms with Crippen molar-refractivity contribution in [3.05, 3.63) is 52.9 Å². The molecule has 0 saturated carbocycles. The van der Waals surface area contributed by atoms with Crippen LogP contribution in [0.25, 0.3) is 0 Å². The molecule has 0 radical (unpaired) electrons. The second kappa shape index (κ2) is 10.0. The average Bonchev–Trinajstić information content (AvgIpc) is 2.64. The topological polar surface area (TPSA) is 104 Å². The van der Waals surface area contributed by atoms with Crippen molar-refractivity contribution < 1.29 is 9.84 Å². The normalized spacial score (nSPS) is 16.9. The van der Waals surface area contributed by atoms with E-state index in [4.69, 9.17) is 21.0 Å². The van der Waals surface area contributed by atoms with Crippen LogP contribution in [0.4, 0.5) is 5.69 Å². The molecule has 2 rings (SSSR count). The van der Waals surface area contributed by atoms with Gasteiger partial charge in [0.25, 0.3) is 0 Å². The molecule has 1 unspecified atom stereocenters. The molecule has 0 saturated heterocycles. The number of aliphatic hydroxyl groups excluding tert-OH is 1. The molecule has 146 valence electrons. The van der Waals surface area contributed by atoms with Gasteiger partial charge < -0.3 is 20.9 Å². The Morgan fingerprint density at radius 2 is 2.11 bits per heavy atom. The zero-order valence-electron chi connectivity index (χ0n) is 16.4. The Bertz CT molecular complexity index is 765. The number of hydrogen-bond acceptors (Lipinski definition) is 6. The number of aryl methyl sites for hydroxylation is 1. The number of hydrogen-bond donors (Lipinski definition) is 4. The van der Waals surface area contributed by atoms with Crippen molar-refractivity contribution in [2.75, 3.05) is 19.8 Å². The van der Waals surface area contributed by atoms with Crippen molar-refractivity contribution in [3.8, 4) is 0 Å². The first-order valence-corrected chi connectivity index (χ1v) is 9.40. The third-order valence-electron chi connectivity index (χ3n) is 4.41. The zero-order valence-corrected chi connectivity index (χ0v) is 16.4. The molecule has 0 fully saturated rings. The highest BCUT2D eigenvalue weighted by molar-refractivity contribution is 6.50. The number of aliphatic imine (C=N–C) groups is 1. The maximum atomic E-state index is 8.95. The molecule has 1 atom stereocenters. The van der Waals surface area contributed by atoms with E-state index in [1.165, 1.54) is 0 Å². The highest BCUT2D eigenvalue weighted by Gasteiger charge is 2.16. The summed E-state index contributed by atoms with van der Waals surface area (Å²) in [6.45, 7) is 7.43. The number of rotatable bonds is 9. The summed E-state index contributed by atoms with van der Waals surface area (Å²) in [6, 6.07) is 6.19. The van der Waals surface area contributed by atoms with Crippen LogP contribution in [-0.2, 0) is 4.74 Å². The molecule has 27 heavy (non-hydrogen) atoms. The van der Waals surface area contributed by atoms with Gasteiger partial charge in [0.1, 0.15) is 5.76 Å². The molecule has 1 aliphatic carbocycles. The fraction of sp³-hybridized carbons (Fsp3) is 0.429. The molecule has 0 spiro atoms. The molecule has 0 bridgehead atoms. The Morgan fingerprint density at radius 3 is 2.78 bits per heavy atom. The van der Waals surface area contributed by atoms with E-state index in [1.807, 2.05) is 19.1 Å². The average molecular weight is 370 g/mol. The van der Waals surface area contributed by atoms with Crippen molar-refractivity contribution in [3.63, 3.8) is 0 Å². The number of nitrogens with two attached hydrogens (primary N) is 1. The van der Waals surface area contributed by atoms with Gasteiger partial charge >= 0.3 is 0 Å². The number of allylic oxidation sites excluding steroid dienone is 2. The fourth-order valence-electron chi connectivity index (χ4n) is 2.73. The lowest BCUT2D eigenvalue weighted by atomic mass is 10.0. The molecule has 6 heteroatoms. The summed E-state index contributed by atoms with van der Waals surface area (Å²) in [7, 11) is 0. The van der Waals surface area contributed by atoms with Crippen molar-refractivity contribution in [1.82, 2.24) is 5.32 Å². The van der Waals surface area contributed by atoms with Gasteiger partial charge in [0.05, 0.1) is 36.0 Å². The van der Waals surface area contributed by atoms with Crippen molar-refractivity contribution in [1.29, 1.82) is 5.41 Å². The molecule has 1 aromatic rings. The predicted octanol–water partition coefficient (Wildman–Crippen LogP) is 3.29. The van der Waals surface area contributed by atoms with Gasteiger partial charge in [-0.25, -0.2) is 4.99 Å². The first kappa shape index (κ1) is 20.9. The van der Waals surface area contributed by atoms with Gasteiger partial charge in [-0.2, -0.15) is 0 Å². The summed E-state index contributed by atoms with van der Waals surface area (Å²) >= 11 is 0. The van der Waals surface area contributed by atoms with Gasteiger partial charge in [-0.05, 0) is 43.5 Å². The number of aliphatic hydroxyl groups is 1. The van der Waals surface area contributed by atoms with Crippen LogP contribution in [0.1, 0.15) is 43.9 Å². The van der Waals surface area contributed by atoms with Crippen LogP contribution in [0.15, 0.2) is 46.8 Å². The van der Waals surface area contributed by atoms with E-state index in [2.05, 4.69) is 30.2 Å². The summed E-state index contributed by atoms with van der Waals surface area (Å²) in [5.41, 5.74) is 10.2. The van der Waals surface area contributed by atoms with Crippen molar-refractivity contribution >= 4 is 17.1 Å². The van der Waals surface area contributed by atoms with Gasteiger partial charge in [0, 0.05) is 18.7 Å². The van der Waals surface area contributed by atoms with Gasteiger partial charge in [0.15, 0.2) is 0 Å².